The summed E-state index contributed by atoms with van der Waals surface area (Å²) in [4.78, 5) is 25.8. The van der Waals surface area contributed by atoms with Crippen LogP contribution in [-0.2, 0) is 9.59 Å². The van der Waals surface area contributed by atoms with Crippen LogP contribution in [0.1, 0.15) is 46.5 Å². The topological polar surface area (TPSA) is 61.4 Å². The zero-order valence-corrected chi connectivity index (χ0v) is 13.3. The van der Waals surface area contributed by atoms with Gasteiger partial charge in [0.05, 0.1) is 0 Å². The smallest absolute Gasteiger partial charge is 0.227 e. The molecule has 0 spiro atoms. The Kier molecular flexibility index (Phi) is 6.46. The molecule has 0 saturated carbocycles. The molecule has 1 saturated heterocycles. The van der Waals surface area contributed by atoms with Gasteiger partial charge < -0.3 is 15.5 Å². The minimum absolute atomic E-state index is 0.126. The lowest BCUT2D eigenvalue weighted by Gasteiger charge is -2.36. The summed E-state index contributed by atoms with van der Waals surface area (Å²) in [5, 5.41) is 6.11. The first-order valence-electron chi connectivity index (χ1n) is 7.58. The van der Waals surface area contributed by atoms with E-state index in [0.29, 0.717) is 6.42 Å². The van der Waals surface area contributed by atoms with E-state index in [0.717, 1.165) is 38.9 Å². The number of rotatable bonds is 5. The molecule has 0 aromatic heterocycles. The average molecular weight is 283 g/mol. The van der Waals surface area contributed by atoms with Gasteiger partial charge in [-0.05, 0) is 32.9 Å². The number of piperidine rings is 1. The number of hydrogen-bond acceptors (Lipinski definition) is 3. The fourth-order valence-electron chi connectivity index (χ4n) is 2.43. The lowest BCUT2D eigenvalue weighted by molar-refractivity contribution is -0.140. The van der Waals surface area contributed by atoms with Gasteiger partial charge in [-0.1, -0.05) is 20.8 Å². The third-order valence-corrected chi connectivity index (χ3v) is 3.62. The molecule has 20 heavy (non-hydrogen) atoms. The summed E-state index contributed by atoms with van der Waals surface area (Å²) in [5.41, 5.74) is -0.316. The highest BCUT2D eigenvalue weighted by Crippen LogP contribution is 2.21. The van der Waals surface area contributed by atoms with Gasteiger partial charge in [0, 0.05) is 31.0 Å². The molecule has 0 aromatic rings. The Morgan fingerprint density at radius 2 is 1.80 bits per heavy atom. The van der Waals surface area contributed by atoms with Gasteiger partial charge in [-0.2, -0.15) is 0 Å². The Morgan fingerprint density at radius 1 is 1.20 bits per heavy atom. The molecule has 2 N–H and O–H groups in total. The predicted octanol–water partition coefficient (Wildman–Crippen LogP) is 1.14. The third-order valence-electron chi connectivity index (χ3n) is 3.62. The van der Waals surface area contributed by atoms with Gasteiger partial charge in [0.1, 0.15) is 0 Å². The molecule has 0 radical (unpaired) electrons. The molecule has 2 amide bonds. The van der Waals surface area contributed by atoms with Crippen LogP contribution in [0.4, 0.5) is 0 Å². The Labute approximate surface area is 122 Å². The van der Waals surface area contributed by atoms with E-state index in [-0.39, 0.29) is 23.3 Å². The van der Waals surface area contributed by atoms with E-state index in [1.807, 2.05) is 32.7 Å². The van der Waals surface area contributed by atoms with Crippen molar-refractivity contribution in [3.05, 3.63) is 0 Å². The highest BCUT2D eigenvalue weighted by atomic mass is 16.2. The van der Waals surface area contributed by atoms with Crippen molar-refractivity contribution in [2.45, 2.75) is 52.5 Å². The number of amides is 2. The maximum atomic E-state index is 12.2. The van der Waals surface area contributed by atoms with Gasteiger partial charge in [-0.3, -0.25) is 9.59 Å². The number of carbonyl (C=O) groups is 2. The second kappa shape index (κ2) is 7.62. The quantitative estimate of drug-likeness (QED) is 0.744. The molecular weight excluding hydrogens is 254 g/mol. The molecule has 1 aliphatic heterocycles. The molecule has 0 aromatic carbocycles. The summed E-state index contributed by atoms with van der Waals surface area (Å²) in [5.74, 6) is 0.331. The van der Waals surface area contributed by atoms with E-state index >= 15 is 0 Å². The summed E-state index contributed by atoms with van der Waals surface area (Å²) in [6.07, 6.45) is 3.16. The zero-order valence-electron chi connectivity index (χ0n) is 13.3. The molecule has 0 unspecified atom stereocenters. The highest BCUT2D eigenvalue weighted by molar-refractivity contribution is 5.81. The maximum Gasteiger partial charge on any atom is 0.227 e. The highest BCUT2D eigenvalue weighted by Gasteiger charge is 2.30. The minimum Gasteiger partial charge on any atom is -0.353 e. The van der Waals surface area contributed by atoms with Gasteiger partial charge in [0.25, 0.3) is 0 Å². The van der Waals surface area contributed by atoms with Crippen molar-refractivity contribution >= 4 is 11.8 Å². The van der Waals surface area contributed by atoms with Crippen molar-refractivity contribution in [3.63, 3.8) is 0 Å². The fraction of sp³-hybridized carbons (Fsp3) is 0.867. The standard InChI is InChI=1S/C15H29N3O2/c1-15(2,3)14(20)18-10-7-12(8-11-18)17-13(19)6-5-9-16-4/h12,16H,5-11H2,1-4H3,(H,17,19). The Bertz CT molecular complexity index is 329. The van der Waals surface area contributed by atoms with E-state index in [4.69, 9.17) is 0 Å². The van der Waals surface area contributed by atoms with Crippen LogP contribution in [0.5, 0.6) is 0 Å². The Hall–Kier alpha value is -1.10. The van der Waals surface area contributed by atoms with Crippen LogP contribution in [0.3, 0.4) is 0 Å². The van der Waals surface area contributed by atoms with Crippen molar-refractivity contribution in [2.24, 2.45) is 5.41 Å². The zero-order chi connectivity index (χ0) is 15.2. The fourth-order valence-corrected chi connectivity index (χ4v) is 2.43. The van der Waals surface area contributed by atoms with E-state index in [1.165, 1.54) is 0 Å². The summed E-state index contributed by atoms with van der Waals surface area (Å²) < 4.78 is 0. The monoisotopic (exact) mass is 283 g/mol. The van der Waals surface area contributed by atoms with Crippen LogP contribution < -0.4 is 10.6 Å². The third kappa shape index (κ3) is 5.49. The van der Waals surface area contributed by atoms with Crippen molar-refractivity contribution in [2.75, 3.05) is 26.7 Å². The molecular formula is C15H29N3O2. The first kappa shape index (κ1) is 17.0. The predicted molar refractivity (Wildman–Crippen MR) is 80.4 cm³/mol. The molecule has 5 heteroatoms. The van der Waals surface area contributed by atoms with Crippen LogP contribution in [-0.4, -0.2) is 49.4 Å². The minimum atomic E-state index is -0.316. The largest absolute Gasteiger partial charge is 0.353 e. The molecule has 0 aliphatic carbocycles. The molecule has 0 bridgehead atoms. The molecule has 1 heterocycles. The summed E-state index contributed by atoms with van der Waals surface area (Å²) in [6.45, 7) is 8.21. The molecule has 1 fully saturated rings. The van der Waals surface area contributed by atoms with Crippen molar-refractivity contribution < 1.29 is 9.59 Å². The van der Waals surface area contributed by atoms with Crippen LogP contribution >= 0.6 is 0 Å². The van der Waals surface area contributed by atoms with Crippen LogP contribution in [0.15, 0.2) is 0 Å². The van der Waals surface area contributed by atoms with Gasteiger partial charge >= 0.3 is 0 Å². The van der Waals surface area contributed by atoms with Crippen LogP contribution in [0.2, 0.25) is 0 Å². The number of nitrogens with one attached hydrogen (secondary N) is 2. The molecule has 0 atom stereocenters. The average Bonchev–Trinajstić information content (AvgIpc) is 2.38. The Balaban J connectivity index is 2.28. The normalized spacial score (nSPS) is 17.1. The molecule has 5 nitrogen and oxygen atoms in total. The Morgan fingerprint density at radius 3 is 2.30 bits per heavy atom. The van der Waals surface area contributed by atoms with E-state index < -0.39 is 0 Å². The summed E-state index contributed by atoms with van der Waals surface area (Å²) >= 11 is 0. The van der Waals surface area contributed by atoms with E-state index in [9.17, 15) is 9.59 Å². The first-order valence-corrected chi connectivity index (χ1v) is 7.58. The number of nitrogens with zero attached hydrogens (tertiary/aromatic N) is 1. The second-order valence-electron chi connectivity index (χ2n) is 6.59. The van der Waals surface area contributed by atoms with Gasteiger partial charge in [0.2, 0.25) is 11.8 Å². The lowest BCUT2D eigenvalue weighted by Crippen LogP contribution is -2.49. The second-order valence-corrected chi connectivity index (χ2v) is 6.59. The maximum absolute atomic E-state index is 12.2. The van der Waals surface area contributed by atoms with Crippen molar-refractivity contribution in [1.82, 2.24) is 15.5 Å². The van der Waals surface area contributed by atoms with E-state index in [2.05, 4.69) is 10.6 Å². The van der Waals surface area contributed by atoms with Crippen molar-refractivity contribution in [3.8, 4) is 0 Å². The van der Waals surface area contributed by atoms with Gasteiger partial charge in [-0.25, -0.2) is 0 Å². The molecule has 1 aliphatic rings. The number of likely N-dealkylation sites (tertiary alicyclic amines) is 1. The number of hydrogen-bond donors (Lipinski definition) is 2. The summed E-state index contributed by atoms with van der Waals surface area (Å²) in [6, 6.07) is 0.223. The van der Waals surface area contributed by atoms with Crippen LogP contribution in [0, 0.1) is 5.41 Å². The van der Waals surface area contributed by atoms with E-state index in [1.54, 1.807) is 0 Å². The van der Waals surface area contributed by atoms with Crippen LogP contribution in [0.25, 0.3) is 0 Å². The van der Waals surface area contributed by atoms with Crippen molar-refractivity contribution in [1.29, 1.82) is 0 Å². The molecule has 1 rings (SSSR count). The van der Waals surface area contributed by atoms with Gasteiger partial charge in [-0.15, -0.1) is 0 Å². The first-order chi connectivity index (χ1) is 9.34. The van der Waals surface area contributed by atoms with Gasteiger partial charge in [0.15, 0.2) is 0 Å². The SMILES string of the molecule is CNCCCC(=O)NC1CCN(C(=O)C(C)(C)C)CC1. The summed E-state index contributed by atoms with van der Waals surface area (Å²) in [7, 11) is 1.89. The lowest BCUT2D eigenvalue weighted by atomic mass is 9.93. The molecule has 116 valence electrons. The number of carbonyl (C=O) groups excluding carboxylic acids is 2.